The van der Waals surface area contributed by atoms with Crippen LogP contribution < -0.4 is 10.6 Å². The number of amides is 2. The minimum Gasteiger partial charge on any atom is -0.355 e. The molecule has 1 atom stereocenters. The Morgan fingerprint density at radius 2 is 2.00 bits per heavy atom. The number of nitrogens with one attached hydrogen (secondary N) is 2. The van der Waals surface area contributed by atoms with Gasteiger partial charge in [-0.25, -0.2) is 8.42 Å². The van der Waals surface area contributed by atoms with Crippen molar-refractivity contribution in [2.75, 3.05) is 12.8 Å². The third-order valence-electron chi connectivity index (χ3n) is 3.45. The van der Waals surface area contributed by atoms with Gasteiger partial charge in [-0.2, -0.15) is 0 Å². The molecule has 1 saturated heterocycles. The number of hydrogen-bond donors (Lipinski definition) is 2. The molecule has 0 aliphatic carbocycles. The zero-order valence-corrected chi connectivity index (χ0v) is 12.6. The summed E-state index contributed by atoms with van der Waals surface area (Å²) in [5.41, 5.74) is 0.829. The van der Waals surface area contributed by atoms with Crippen molar-refractivity contribution in [1.82, 2.24) is 10.6 Å². The Hall–Kier alpha value is -1.89. The molecular formula is C14H18N2O4S. The van der Waals surface area contributed by atoms with Crippen molar-refractivity contribution in [3.8, 4) is 0 Å². The molecule has 0 saturated carbocycles. The molecule has 1 aliphatic rings. The lowest BCUT2D eigenvalue weighted by Crippen LogP contribution is -2.42. The first-order chi connectivity index (χ1) is 9.86. The zero-order valence-electron chi connectivity index (χ0n) is 11.8. The predicted molar refractivity (Wildman–Crippen MR) is 77.1 cm³/mol. The number of benzene rings is 1. The number of sulfone groups is 1. The molecule has 1 fully saturated rings. The number of carbonyl (C=O) groups excluding carboxylic acids is 2. The molecule has 0 bridgehead atoms. The van der Waals surface area contributed by atoms with Crippen LogP contribution in [0.25, 0.3) is 0 Å². The molecule has 2 rings (SSSR count). The highest BCUT2D eigenvalue weighted by molar-refractivity contribution is 7.90. The first kappa shape index (κ1) is 15.5. The van der Waals surface area contributed by atoms with E-state index < -0.39 is 9.84 Å². The molecule has 114 valence electrons. The highest BCUT2D eigenvalue weighted by atomic mass is 32.2. The molecule has 1 aromatic carbocycles. The van der Waals surface area contributed by atoms with Crippen molar-refractivity contribution in [2.24, 2.45) is 5.92 Å². The monoisotopic (exact) mass is 310 g/mol. The van der Waals surface area contributed by atoms with Gasteiger partial charge in [0.05, 0.1) is 10.8 Å². The molecule has 1 unspecified atom stereocenters. The van der Waals surface area contributed by atoms with Crippen LogP contribution in [0.1, 0.15) is 18.4 Å². The zero-order chi connectivity index (χ0) is 15.5. The van der Waals surface area contributed by atoms with Crippen LogP contribution in [-0.4, -0.2) is 33.0 Å². The average Bonchev–Trinajstić information content (AvgIpc) is 2.45. The second kappa shape index (κ2) is 6.26. The summed E-state index contributed by atoms with van der Waals surface area (Å²) in [6, 6.07) is 6.41. The number of piperidine rings is 1. The van der Waals surface area contributed by atoms with Crippen molar-refractivity contribution >= 4 is 21.7 Å². The third-order valence-corrected chi connectivity index (χ3v) is 4.58. The van der Waals surface area contributed by atoms with Gasteiger partial charge >= 0.3 is 0 Å². The fourth-order valence-corrected chi connectivity index (χ4v) is 2.78. The maximum Gasteiger partial charge on any atom is 0.225 e. The Morgan fingerprint density at radius 1 is 1.33 bits per heavy atom. The normalized spacial score (nSPS) is 18.9. The average molecular weight is 310 g/mol. The van der Waals surface area contributed by atoms with E-state index in [1.165, 1.54) is 12.1 Å². The first-order valence-corrected chi connectivity index (χ1v) is 8.59. The lowest BCUT2D eigenvalue weighted by atomic mass is 9.98. The van der Waals surface area contributed by atoms with E-state index in [9.17, 15) is 18.0 Å². The van der Waals surface area contributed by atoms with Gasteiger partial charge in [-0.05, 0) is 24.1 Å². The molecule has 2 amide bonds. The minimum atomic E-state index is -3.20. The van der Waals surface area contributed by atoms with Crippen molar-refractivity contribution in [2.45, 2.75) is 24.3 Å². The fourth-order valence-electron chi connectivity index (χ4n) is 2.14. The van der Waals surface area contributed by atoms with Crippen molar-refractivity contribution < 1.29 is 18.0 Å². The summed E-state index contributed by atoms with van der Waals surface area (Å²) in [6.45, 7) is 0.713. The predicted octanol–water partition coefficient (Wildman–Crippen LogP) is 0.233. The fraction of sp³-hybridized carbons (Fsp3) is 0.429. The van der Waals surface area contributed by atoms with E-state index in [-0.39, 0.29) is 22.6 Å². The van der Waals surface area contributed by atoms with E-state index in [0.29, 0.717) is 25.9 Å². The summed E-state index contributed by atoms with van der Waals surface area (Å²) in [6.07, 6.45) is 2.09. The Balaban J connectivity index is 1.88. The molecule has 1 aromatic rings. The molecule has 0 aromatic heterocycles. The van der Waals surface area contributed by atoms with Gasteiger partial charge < -0.3 is 10.6 Å². The second-order valence-corrected chi connectivity index (χ2v) is 7.19. The van der Waals surface area contributed by atoms with Gasteiger partial charge in [0.2, 0.25) is 11.8 Å². The Bertz CT molecular complexity index is 627. The summed E-state index contributed by atoms with van der Waals surface area (Å²) in [5, 5.41) is 5.47. The van der Waals surface area contributed by atoms with Gasteiger partial charge in [0.1, 0.15) is 0 Å². The lowest BCUT2D eigenvalue weighted by molar-refractivity contribution is -0.129. The topological polar surface area (TPSA) is 92.3 Å². The first-order valence-electron chi connectivity index (χ1n) is 6.69. The molecule has 0 radical (unpaired) electrons. The highest BCUT2D eigenvalue weighted by Gasteiger charge is 2.23. The number of rotatable bonds is 4. The van der Waals surface area contributed by atoms with E-state index in [1.807, 2.05) is 0 Å². The highest BCUT2D eigenvalue weighted by Crippen LogP contribution is 2.12. The van der Waals surface area contributed by atoms with Gasteiger partial charge in [0.15, 0.2) is 9.84 Å². The SMILES string of the molecule is CS(=O)(=O)c1ccc(CNC(=O)C2CCC(=O)NC2)cc1. The van der Waals surface area contributed by atoms with Crippen molar-refractivity contribution in [1.29, 1.82) is 0 Å². The van der Waals surface area contributed by atoms with E-state index in [1.54, 1.807) is 12.1 Å². The summed E-state index contributed by atoms with van der Waals surface area (Å²) < 4.78 is 22.7. The van der Waals surface area contributed by atoms with Gasteiger partial charge in [-0.15, -0.1) is 0 Å². The maximum absolute atomic E-state index is 11.9. The Kier molecular flexibility index (Phi) is 4.62. The summed E-state index contributed by atoms with van der Waals surface area (Å²) in [7, 11) is -3.20. The van der Waals surface area contributed by atoms with Crippen LogP contribution in [0.4, 0.5) is 0 Å². The maximum atomic E-state index is 11.9. The molecule has 6 nitrogen and oxygen atoms in total. The molecule has 2 N–H and O–H groups in total. The number of hydrogen-bond acceptors (Lipinski definition) is 4. The number of carbonyl (C=O) groups is 2. The van der Waals surface area contributed by atoms with Crippen molar-refractivity contribution in [3.63, 3.8) is 0 Å². The van der Waals surface area contributed by atoms with Gasteiger partial charge in [-0.3, -0.25) is 9.59 Å². The van der Waals surface area contributed by atoms with Crippen LogP contribution in [0.3, 0.4) is 0 Å². The van der Waals surface area contributed by atoms with Crippen LogP contribution in [0, 0.1) is 5.92 Å². The van der Waals surface area contributed by atoms with Crippen LogP contribution in [0.15, 0.2) is 29.2 Å². The van der Waals surface area contributed by atoms with Gasteiger partial charge in [-0.1, -0.05) is 12.1 Å². The Morgan fingerprint density at radius 3 is 2.52 bits per heavy atom. The van der Waals surface area contributed by atoms with E-state index in [4.69, 9.17) is 0 Å². The van der Waals surface area contributed by atoms with Crippen LogP contribution in [0.2, 0.25) is 0 Å². The molecular weight excluding hydrogens is 292 g/mol. The van der Waals surface area contributed by atoms with Crippen LogP contribution in [-0.2, 0) is 26.0 Å². The molecule has 1 heterocycles. The van der Waals surface area contributed by atoms with Crippen molar-refractivity contribution in [3.05, 3.63) is 29.8 Å². The largest absolute Gasteiger partial charge is 0.355 e. The van der Waals surface area contributed by atoms with Crippen LogP contribution in [0.5, 0.6) is 0 Å². The van der Waals surface area contributed by atoms with Gasteiger partial charge in [0, 0.05) is 25.8 Å². The third kappa shape index (κ3) is 4.29. The minimum absolute atomic E-state index is 0.0181. The smallest absolute Gasteiger partial charge is 0.225 e. The molecule has 1 aliphatic heterocycles. The van der Waals surface area contributed by atoms with E-state index in [2.05, 4.69) is 10.6 Å². The quantitative estimate of drug-likeness (QED) is 0.833. The summed E-state index contributed by atoms with van der Waals surface area (Å²) in [5.74, 6) is -0.310. The molecule has 7 heteroatoms. The van der Waals surface area contributed by atoms with Gasteiger partial charge in [0.25, 0.3) is 0 Å². The molecule has 21 heavy (non-hydrogen) atoms. The summed E-state index contributed by atoms with van der Waals surface area (Å²) in [4.78, 5) is 23.2. The lowest BCUT2D eigenvalue weighted by Gasteiger charge is -2.21. The second-order valence-electron chi connectivity index (χ2n) is 5.17. The van der Waals surface area contributed by atoms with E-state index >= 15 is 0 Å². The van der Waals surface area contributed by atoms with Crippen LogP contribution >= 0.6 is 0 Å². The molecule has 0 spiro atoms. The standard InChI is InChI=1S/C14H18N2O4S/c1-21(19,20)12-5-2-10(3-6-12)8-16-14(18)11-4-7-13(17)15-9-11/h2-3,5-6,11H,4,7-9H2,1H3,(H,15,17)(H,16,18). The van der Waals surface area contributed by atoms with E-state index in [0.717, 1.165) is 11.8 Å². The Labute approximate surface area is 123 Å². The summed E-state index contributed by atoms with van der Waals surface area (Å²) >= 11 is 0.